The average molecular weight is 344 g/mol. The third kappa shape index (κ3) is 2.47. The standard InChI is InChI=1S/C10H8F3IO2/c1-5(15)6-3-4-7(14)8(9(6)16-2)10(11,12)13/h3-4H,1-2H3. The maximum atomic E-state index is 12.7. The third-order valence-corrected chi connectivity index (χ3v) is 2.87. The van der Waals surface area contributed by atoms with Gasteiger partial charge in [-0.25, -0.2) is 0 Å². The summed E-state index contributed by atoms with van der Waals surface area (Å²) in [7, 11) is 1.12. The van der Waals surface area contributed by atoms with Gasteiger partial charge < -0.3 is 4.74 Å². The summed E-state index contributed by atoms with van der Waals surface area (Å²) < 4.78 is 42.9. The van der Waals surface area contributed by atoms with Crippen LogP contribution >= 0.6 is 22.6 Å². The number of methoxy groups -OCH3 is 1. The molecule has 1 aromatic rings. The molecule has 0 fully saturated rings. The summed E-state index contributed by atoms with van der Waals surface area (Å²) in [6.45, 7) is 1.20. The van der Waals surface area contributed by atoms with E-state index in [1.165, 1.54) is 19.1 Å². The van der Waals surface area contributed by atoms with Crippen molar-refractivity contribution in [2.45, 2.75) is 13.1 Å². The maximum Gasteiger partial charge on any atom is 0.421 e. The Balaban J connectivity index is 3.57. The van der Waals surface area contributed by atoms with Crippen LogP contribution in [0.3, 0.4) is 0 Å². The second kappa shape index (κ2) is 4.60. The fourth-order valence-corrected chi connectivity index (χ4v) is 2.04. The summed E-state index contributed by atoms with van der Waals surface area (Å²) >= 11 is 1.56. The van der Waals surface area contributed by atoms with Crippen molar-refractivity contribution in [2.24, 2.45) is 0 Å². The van der Waals surface area contributed by atoms with Crippen LogP contribution in [0.2, 0.25) is 0 Å². The van der Waals surface area contributed by atoms with Crippen LogP contribution in [0.1, 0.15) is 22.8 Å². The predicted molar refractivity (Wildman–Crippen MR) is 60.7 cm³/mol. The number of alkyl halides is 3. The molecule has 6 heteroatoms. The molecule has 0 saturated heterocycles. The number of Topliss-reactive ketones (excluding diaryl/α,β-unsaturated/α-hetero) is 1. The van der Waals surface area contributed by atoms with Crippen LogP contribution in [0.25, 0.3) is 0 Å². The smallest absolute Gasteiger partial charge is 0.421 e. The molecule has 0 aliphatic heterocycles. The van der Waals surface area contributed by atoms with Crippen molar-refractivity contribution in [2.75, 3.05) is 7.11 Å². The number of hydrogen-bond donors (Lipinski definition) is 0. The van der Waals surface area contributed by atoms with Gasteiger partial charge in [-0.2, -0.15) is 13.2 Å². The molecule has 0 saturated carbocycles. The number of rotatable bonds is 2. The van der Waals surface area contributed by atoms with Gasteiger partial charge in [-0.1, -0.05) is 0 Å². The molecule has 0 N–H and O–H groups in total. The quantitative estimate of drug-likeness (QED) is 0.606. The van der Waals surface area contributed by atoms with Gasteiger partial charge in [-0.05, 0) is 41.6 Å². The molecule has 1 aromatic carbocycles. The van der Waals surface area contributed by atoms with E-state index in [2.05, 4.69) is 0 Å². The number of carbonyl (C=O) groups excluding carboxylic acids is 1. The van der Waals surface area contributed by atoms with Crippen LogP contribution in [-0.4, -0.2) is 12.9 Å². The van der Waals surface area contributed by atoms with E-state index in [0.29, 0.717) is 0 Å². The highest BCUT2D eigenvalue weighted by molar-refractivity contribution is 14.1. The van der Waals surface area contributed by atoms with E-state index in [9.17, 15) is 18.0 Å². The van der Waals surface area contributed by atoms with Gasteiger partial charge in [0.15, 0.2) is 5.78 Å². The topological polar surface area (TPSA) is 26.3 Å². The fourth-order valence-electron chi connectivity index (χ4n) is 1.31. The summed E-state index contributed by atoms with van der Waals surface area (Å²) in [5, 5.41) is 0. The first-order chi connectivity index (χ1) is 7.29. The zero-order chi connectivity index (χ0) is 12.5. The molecule has 0 aromatic heterocycles. The molecule has 0 unspecified atom stereocenters. The fraction of sp³-hybridized carbons (Fsp3) is 0.300. The molecule has 0 amide bonds. The van der Waals surface area contributed by atoms with Crippen molar-refractivity contribution >= 4 is 28.4 Å². The van der Waals surface area contributed by atoms with Gasteiger partial charge in [0, 0.05) is 3.57 Å². The Kier molecular flexibility index (Phi) is 3.82. The van der Waals surface area contributed by atoms with Gasteiger partial charge in [0.25, 0.3) is 0 Å². The maximum absolute atomic E-state index is 12.7. The van der Waals surface area contributed by atoms with Gasteiger partial charge in [0.2, 0.25) is 0 Å². The van der Waals surface area contributed by atoms with Crippen LogP contribution in [0, 0.1) is 3.57 Å². The number of ketones is 1. The van der Waals surface area contributed by atoms with Crippen molar-refractivity contribution in [3.05, 3.63) is 26.8 Å². The highest BCUT2D eigenvalue weighted by Crippen LogP contribution is 2.41. The number of carbonyl (C=O) groups is 1. The van der Waals surface area contributed by atoms with E-state index < -0.39 is 23.3 Å². The molecule has 88 valence electrons. The second-order valence-corrected chi connectivity index (χ2v) is 4.22. The van der Waals surface area contributed by atoms with Crippen molar-refractivity contribution in [3.8, 4) is 5.75 Å². The van der Waals surface area contributed by atoms with Crippen molar-refractivity contribution in [3.63, 3.8) is 0 Å². The summed E-state index contributed by atoms with van der Waals surface area (Å²) in [6.07, 6.45) is -4.53. The lowest BCUT2D eigenvalue weighted by atomic mass is 10.1. The zero-order valence-corrected chi connectivity index (χ0v) is 10.6. The highest BCUT2D eigenvalue weighted by Gasteiger charge is 2.38. The van der Waals surface area contributed by atoms with E-state index in [0.717, 1.165) is 7.11 Å². The van der Waals surface area contributed by atoms with Gasteiger partial charge in [-0.15, -0.1) is 0 Å². The second-order valence-electron chi connectivity index (χ2n) is 3.06. The Morgan fingerprint density at radius 2 is 1.94 bits per heavy atom. The Hall–Kier alpha value is -0.790. The molecule has 0 radical (unpaired) electrons. The first kappa shape index (κ1) is 13.3. The number of benzene rings is 1. The first-order valence-corrected chi connectivity index (χ1v) is 5.31. The van der Waals surface area contributed by atoms with Crippen LogP contribution < -0.4 is 4.74 Å². The van der Waals surface area contributed by atoms with E-state index in [1.54, 1.807) is 22.6 Å². The van der Waals surface area contributed by atoms with Crippen LogP contribution in [0.5, 0.6) is 5.75 Å². The van der Waals surface area contributed by atoms with E-state index in [4.69, 9.17) is 4.74 Å². The van der Waals surface area contributed by atoms with Gasteiger partial charge in [0.1, 0.15) is 11.3 Å². The summed E-state index contributed by atoms with van der Waals surface area (Å²) in [5.41, 5.74) is -0.960. The average Bonchev–Trinajstić information content (AvgIpc) is 2.14. The summed E-state index contributed by atoms with van der Waals surface area (Å²) in [4.78, 5) is 11.2. The summed E-state index contributed by atoms with van der Waals surface area (Å²) in [5.74, 6) is -0.870. The number of hydrogen-bond acceptors (Lipinski definition) is 2. The Labute approximate surface area is 104 Å². The van der Waals surface area contributed by atoms with Gasteiger partial charge in [-0.3, -0.25) is 4.79 Å². The lowest BCUT2D eigenvalue weighted by Gasteiger charge is -2.16. The van der Waals surface area contributed by atoms with E-state index in [-0.39, 0.29) is 9.13 Å². The molecule has 0 spiro atoms. The monoisotopic (exact) mass is 344 g/mol. The SMILES string of the molecule is COc1c(C(C)=O)ccc(I)c1C(F)(F)F. The number of halogens is 4. The molecule has 2 nitrogen and oxygen atoms in total. The minimum absolute atomic E-state index is 0.00644. The number of ether oxygens (including phenoxy) is 1. The lowest BCUT2D eigenvalue weighted by Crippen LogP contribution is -2.12. The van der Waals surface area contributed by atoms with Gasteiger partial charge in [0.05, 0.1) is 12.7 Å². The molecular formula is C10H8F3IO2. The van der Waals surface area contributed by atoms with Crippen molar-refractivity contribution in [1.29, 1.82) is 0 Å². The Bertz CT molecular complexity index is 427. The molecule has 0 bridgehead atoms. The van der Waals surface area contributed by atoms with Crippen LogP contribution in [0.15, 0.2) is 12.1 Å². The van der Waals surface area contributed by atoms with Crippen molar-refractivity contribution in [1.82, 2.24) is 0 Å². The molecular weight excluding hydrogens is 336 g/mol. The minimum atomic E-state index is -4.53. The van der Waals surface area contributed by atoms with Gasteiger partial charge >= 0.3 is 6.18 Å². The predicted octanol–water partition coefficient (Wildman–Crippen LogP) is 3.52. The largest absolute Gasteiger partial charge is 0.495 e. The molecule has 0 heterocycles. The third-order valence-electron chi connectivity index (χ3n) is 1.97. The first-order valence-electron chi connectivity index (χ1n) is 4.23. The van der Waals surface area contributed by atoms with Crippen LogP contribution in [-0.2, 0) is 6.18 Å². The minimum Gasteiger partial charge on any atom is -0.495 e. The molecule has 0 aliphatic rings. The molecule has 1 rings (SSSR count). The molecule has 16 heavy (non-hydrogen) atoms. The van der Waals surface area contributed by atoms with Crippen molar-refractivity contribution < 1.29 is 22.7 Å². The van der Waals surface area contributed by atoms with Crippen LogP contribution in [0.4, 0.5) is 13.2 Å². The highest BCUT2D eigenvalue weighted by atomic mass is 127. The summed E-state index contributed by atoms with van der Waals surface area (Å²) in [6, 6.07) is 2.58. The van der Waals surface area contributed by atoms with E-state index >= 15 is 0 Å². The Morgan fingerprint density at radius 1 is 1.38 bits per heavy atom. The molecule has 0 aliphatic carbocycles. The lowest BCUT2D eigenvalue weighted by molar-refractivity contribution is -0.139. The zero-order valence-electron chi connectivity index (χ0n) is 8.48. The Morgan fingerprint density at radius 3 is 2.31 bits per heavy atom. The normalized spacial score (nSPS) is 11.4. The molecule has 0 atom stereocenters. The van der Waals surface area contributed by atoms with E-state index in [1.807, 2.05) is 0 Å².